The monoisotopic (exact) mass is 744 g/mol. The number of terminal acetylenes is 1. The van der Waals surface area contributed by atoms with Gasteiger partial charge >= 0.3 is 6.01 Å². The summed E-state index contributed by atoms with van der Waals surface area (Å²) in [6, 6.07) is 4.76. The Morgan fingerprint density at radius 3 is 2.56 bits per heavy atom. The van der Waals surface area contributed by atoms with Gasteiger partial charge in [-0.1, -0.05) is 5.92 Å². The molecule has 52 heavy (non-hydrogen) atoms. The maximum Gasteiger partial charge on any atom is 0.319 e. The van der Waals surface area contributed by atoms with Gasteiger partial charge in [-0.15, -0.1) is 29.1 Å². The van der Waals surface area contributed by atoms with Crippen molar-refractivity contribution in [3.8, 4) is 29.6 Å². The zero-order valence-electron chi connectivity index (χ0n) is 27.8. The van der Waals surface area contributed by atoms with Crippen LogP contribution in [0.5, 0.6) is 6.01 Å². The molecule has 15 heteroatoms. The molecule has 0 amide bonds. The van der Waals surface area contributed by atoms with Crippen LogP contribution >= 0.6 is 22.7 Å². The van der Waals surface area contributed by atoms with Gasteiger partial charge in [-0.2, -0.15) is 15.1 Å². The van der Waals surface area contributed by atoms with Crippen LogP contribution in [0.2, 0.25) is 0 Å². The minimum absolute atomic E-state index is 0.0574. The minimum atomic E-state index is -2.92. The number of nitrogens with one attached hydrogen (secondary N) is 2. The van der Waals surface area contributed by atoms with Gasteiger partial charge in [-0.25, -0.2) is 17.6 Å². The Labute approximate surface area is 302 Å². The zero-order valence-corrected chi connectivity index (χ0v) is 29.4. The number of halogens is 4. The SMILES string of the molecule is C#Cc1csc2cc3[nH]ncc3c(-c3nccc4c3sc3nc(OC[C@]5(CN6CC7(C6)CC(F)(F)C7)CC5(F)F)nc(N5C[C@H]6CC[C@@H](C5)N6)c34)c12. The van der Waals surface area contributed by atoms with Gasteiger partial charge in [0.05, 0.1) is 32.9 Å². The summed E-state index contributed by atoms with van der Waals surface area (Å²) < 4.78 is 65.5. The molecule has 0 unspecified atom stereocenters. The van der Waals surface area contributed by atoms with Crippen LogP contribution in [0.15, 0.2) is 29.9 Å². The number of aromatic nitrogens is 5. The predicted octanol–water partition coefficient (Wildman–Crippen LogP) is 7.05. The third kappa shape index (κ3) is 4.60. The second-order valence-electron chi connectivity index (χ2n) is 15.7. The second-order valence-corrected chi connectivity index (χ2v) is 17.7. The van der Waals surface area contributed by atoms with E-state index in [1.54, 1.807) is 23.7 Å². The Morgan fingerprint density at radius 2 is 1.83 bits per heavy atom. The van der Waals surface area contributed by atoms with E-state index in [4.69, 9.17) is 26.1 Å². The minimum Gasteiger partial charge on any atom is -0.462 e. The molecule has 5 fully saturated rings. The molecule has 2 aliphatic carbocycles. The van der Waals surface area contributed by atoms with E-state index in [2.05, 4.69) is 32.4 Å². The van der Waals surface area contributed by atoms with E-state index in [0.717, 1.165) is 85.0 Å². The van der Waals surface area contributed by atoms with Crippen LogP contribution in [0.4, 0.5) is 23.4 Å². The molecule has 2 saturated carbocycles. The first-order chi connectivity index (χ1) is 25.0. The number of anilines is 1. The number of hydrogen-bond donors (Lipinski definition) is 2. The molecular weight excluding hydrogens is 713 g/mol. The highest BCUT2D eigenvalue weighted by Gasteiger charge is 2.73. The molecule has 3 aliphatic heterocycles. The molecule has 266 valence electrons. The van der Waals surface area contributed by atoms with Crippen LogP contribution in [0.25, 0.3) is 52.5 Å². The van der Waals surface area contributed by atoms with Gasteiger partial charge in [0.2, 0.25) is 5.92 Å². The van der Waals surface area contributed by atoms with Gasteiger partial charge in [0.1, 0.15) is 17.3 Å². The summed E-state index contributed by atoms with van der Waals surface area (Å²) >= 11 is 3.05. The zero-order chi connectivity index (χ0) is 35.2. The molecule has 2 bridgehead atoms. The van der Waals surface area contributed by atoms with Crippen molar-refractivity contribution >= 4 is 69.8 Å². The summed E-state index contributed by atoms with van der Waals surface area (Å²) in [5.41, 5.74) is 1.48. The Hall–Kier alpha value is -4.10. The average molecular weight is 745 g/mol. The standard InChI is InChI=1S/C37H32F4N8OS2/c1-2-19-11-51-25-7-24-23(8-43-47-24)27(26(19)25)29-30-22(5-6-42-29)28-31(49-9-20-3-4-21(10-49)44-20)45-33(46-32(28)52-30)50-18-35(14-37(35,40)41)17-48-15-34(16-48)12-36(38,39)13-34/h1,5-8,11,20-21,44H,3-4,9-10,12-18H2,(H,43,47)/t20-,21+,35-/m1/s1. The number of nitrogens with zero attached hydrogens (tertiary/aromatic N) is 6. The molecule has 3 saturated heterocycles. The lowest BCUT2D eigenvalue weighted by Gasteiger charge is -2.59. The first-order valence-corrected chi connectivity index (χ1v) is 19.3. The Balaban J connectivity index is 1.00. The third-order valence-electron chi connectivity index (χ3n) is 12.0. The number of fused-ring (bicyclic) bond motifs is 7. The normalized spacial score (nSPS) is 27.0. The van der Waals surface area contributed by atoms with E-state index in [-0.39, 0.29) is 38.4 Å². The molecule has 1 spiro atoms. The van der Waals surface area contributed by atoms with Gasteiger partial charge < -0.3 is 19.9 Å². The van der Waals surface area contributed by atoms with Crippen LogP contribution in [-0.4, -0.2) is 93.3 Å². The molecule has 1 aromatic carbocycles. The highest BCUT2D eigenvalue weighted by molar-refractivity contribution is 7.26. The first-order valence-electron chi connectivity index (χ1n) is 17.6. The summed E-state index contributed by atoms with van der Waals surface area (Å²) in [7, 11) is 0. The topological polar surface area (TPSA) is 95.1 Å². The molecule has 3 atom stereocenters. The van der Waals surface area contributed by atoms with Crippen LogP contribution in [-0.2, 0) is 0 Å². The number of pyridine rings is 1. The fraction of sp³-hybridized carbons (Fsp3) is 0.459. The quantitative estimate of drug-likeness (QED) is 0.133. The number of hydrogen-bond acceptors (Lipinski definition) is 10. The van der Waals surface area contributed by atoms with Crippen LogP contribution in [0.3, 0.4) is 0 Å². The predicted molar refractivity (Wildman–Crippen MR) is 194 cm³/mol. The first kappa shape index (κ1) is 31.4. The lowest BCUT2D eigenvalue weighted by Crippen LogP contribution is -2.66. The molecule has 0 radical (unpaired) electrons. The number of piperazine rings is 1. The number of likely N-dealkylation sites (tertiary alicyclic amines) is 1. The van der Waals surface area contributed by atoms with Crippen LogP contribution in [0.1, 0.15) is 37.7 Å². The molecule has 5 aliphatic rings. The van der Waals surface area contributed by atoms with Crippen molar-refractivity contribution in [2.45, 2.75) is 56.0 Å². The highest BCUT2D eigenvalue weighted by atomic mass is 32.1. The van der Waals surface area contributed by atoms with E-state index >= 15 is 8.78 Å². The van der Waals surface area contributed by atoms with Crippen LogP contribution in [0, 0.1) is 23.2 Å². The van der Waals surface area contributed by atoms with Gasteiger partial charge in [-0.05, 0) is 25.0 Å². The summed E-state index contributed by atoms with van der Waals surface area (Å²) in [6.45, 7) is 2.18. The average Bonchev–Trinajstić information content (AvgIpc) is 3.70. The fourth-order valence-corrected chi connectivity index (χ4v) is 11.7. The number of aromatic amines is 1. The molecular formula is C37H32F4N8OS2. The smallest absolute Gasteiger partial charge is 0.319 e. The van der Waals surface area contributed by atoms with Crippen molar-refractivity contribution in [2.24, 2.45) is 10.8 Å². The number of benzene rings is 1. The maximum atomic E-state index is 15.1. The van der Waals surface area contributed by atoms with Crippen molar-refractivity contribution in [1.29, 1.82) is 0 Å². The maximum absolute atomic E-state index is 15.1. The molecule has 6 aromatic rings. The number of ether oxygens (including phenoxy) is 1. The number of thiophene rings is 2. The fourth-order valence-electron chi connectivity index (χ4n) is 9.63. The highest BCUT2D eigenvalue weighted by Crippen LogP contribution is 2.63. The number of H-pyrrole nitrogens is 1. The summed E-state index contributed by atoms with van der Waals surface area (Å²) in [5, 5.41) is 16.8. The Morgan fingerprint density at radius 1 is 1.04 bits per heavy atom. The van der Waals surface area contributed by atoms with Crippen molar-refractivity contribution < 1.29 is 22.3 Å². The van der Waals surface area contributed by atoms with Gasteiger partial charge in [-0.3, -0.25) is 10.1 Å². The summed E-state index contributed by atoms with van der Waals surface area (Å²) in [5.74, 6) is -1.98. The van der Waals surface area contributed by atoms with Gasteiger partial charge in [0.15, 0.2) is 0 Å². The van der Waals surface area contributed by atoms with E-state index in [0.29, 0.717) is 30.0 Å². The molecule has 5 aromatic heterocycles. The summed E-state index contributed by atoms with van der Waals surface area (Å²) in [6.07, 6.45) is 11.1. The number of alkyl halides is 4. The lowest BCUT2D eigenvalue weighted by atomic mass is 9.61. The van der Waals surface area contributed by atoms with E-state index < -0.39 is 22.7 Å². The second kappa shape index (κ2) is 10.5. The van der Waals surface area contributed by atoms with Crippen molar-refractivity contribution in [1.82, 2.24) is 35.4 Å². The van der Waals surface area contributed by atoms with Crippen molar-refractivity contribution in [3.05, 3.63) is 35.5 Å². The number of rotatable bonds is 7. The molecule has 11 rings (SSSR count). The third-order valence-corrected chi connectivity index (χ3v) is 14.0. The van der Waals surface area contributed by atoms with E-state index in [1.165, 1.54) is 11.3 Å². The Kier molecular flexibility index (Phi) is 6.36. The van der Waals surface area contributed by atoms with Crippen molar-refractivity contribution in [2.75, 3.05) is 44.2 Å². The molecule has 9 nitrogen and oxygen atoms in total. The Bertz CT molecular complexity index is 2500. The van der Waals surface area contributed by atoms with Crippen LogP contribution < -0.4 is 15.0 Å². The summed E-state index contributed by atoms with van der Waals surface area (Å²) in [4.78, 5) is 19.6. The molecule has 2 N–H and O–H groups in total. The largest absolute Gasteiger partial charge is 0.462 e. The van der Waals surface area contributed by atoms with Gasteiger partial charge in [0.25, 0.3) is 5.92 Å². The van der Waals surface area contributed by atoms with E-state index in [1.807, 2.05) is 16.3 Å². The van der Waals surface area contributed by atoms with Gasteiger partial charge in [0, 0.05) is 113 Å². The lowest BCUT2D eigenvalue weighted by molar-refractivity contribution is -0.217. The van der Waals surface area contributed by atoms with E-state index in [9.17, 15) is 8.78 Å². The molecule has 8 heterocycles. The van der Waals surface area contributed by atoms with Crippen molar-refractivity contribution in [3.63, 3.8) is 0 Å².